The van der Waals surface area contributed by atoms with E-state index in [0.29, 0.717) is 22.8 Å². The van der Waals surface area contributed by atoms with Gasteiger partial charge in [-0.3, -0.25) is 4.79 Å². The average Bonchev–Trinajstić information content (AvgIpc) is 2.77. The first-order valence-corrected chi connectivity index (χ1v) is 9.53. The number of nitrogens with zero attached hydrogens (tertiary/aromatic N) is 1. The Hall–Kier alpha value is -2.95. The molecule has 0 saturated carbocycles. The first kappa shape index (κ1) is 19.8. The van der Waals surface area contributed by atoms with Crippen molar-refractivity contribution in [3.63, 3.8) is 0 Å². The zero-order chi connectivity index (χ0) is 19.9. The van der Waals surface area contributed by atoms with Crippen molar-refractivity contribution in [2.75, 3.05) is 39.3 Å². The first-order chi connectivity index (χ1) is 13.7. The van der Waals surface area contributed by atoms with Gasteiger partial charge in [-0.05, 0) is 55.2 Å². The van der Waals surface area contributed by atoms with Gasteiger partial charge in [0, 0.05) is 24.3 Å². The van der Waals surface area contributed by atoms with Crippen molar-refractivity contribution in [1.82, 2.24) is 0 Å². The van der Waals surface area contributed by atoms with Gasteiger partial charge in [0.25, 0.3) is 0 Å². The van der Waals surface area contributed by atoms with Gasteiger partial charge in [-0.25, -0.2) is 0 Å². The Morgan fingerprint density at radius 3 is 2.04 bits per heavy atom. The summed E-state index contributed by atoms with van der Waals surface area (Å²) in [5, 5.41) is 0. The first-order valence-electron chi connectivity index (χ1n) is 9.53. The summed E-state index contributed by atoms with van der Waals surface area (Å²) in [5.41, 5.74) is 2.71. The number of methoxy groups -OCH3 is 3. The summed E-state index contributed by atoms with van der Waals surface area (Å²) in [5.74, 6) is 1.27. The number of piperidine rings is 1. The molecule has 3 rings (SSSR count). The molecule has 5 nitrogen and oxygen atoms in total. The molecule has 1 aliphatic heterocycles. The summed E-state index contributed by atoms with van der Waals surface area (Å²) in [4.78, 5) is 15.0. The minimum atomic E-state index is -0.126. The minimum absolute atomic E-state index is 0.126. The molecule has 28 heavy (non-hydrogen) atoms. The molecular formula is C23H27NO4. The predicted octanol–water partition coefficient (Wildman–Crippen LogP) is 4.60. The van der Waals surface area contributed by atoms with E-state index in [1.807, 2.05) is 18.2 Å². The Bertz CT molecular complexity index is 811. The third-order valence-electron chi connectivity index (χ3n) is 4.99. The normalized spacial score (nSPS) is 14.2. The Morgan fingerprint density at radius 2 is 1.50 bits per heavy atom. The molecule has 1 saturated heterocycles. The number of benzene rings is 2. The Balaban J connectivity index is 1.74. The fourth-order valence-electron chi connectivity index (χ4n) is 3.44. The molecule has 5 heteroatoms. The number of ether oxygens (including phenoxy) is 3. The van der Waals surface area contributed by atoms with Crippen LogP contribution in [0.2, 0.25) is 0 Å². The van der Waals surface area contributed by atoms with Crippen LogP contribution in [0, 0.1) is 0 Å². The second kappa shape index (κ2) is 9.31. The number of anilines is 1. The van der Waals surface area contributed by atoms with Crippen molar-refractivity contribution in [3.8, 4) is 17.2 Å². The Labute approximate surface area is 166 Å². The standard InChI is InChI=1S/C23H27NO4/c1-26-21-15-18(16-22(27-2)23(21)28-3)20(25)12-9-17-7-10-19(11-8-17)24-13-5-4-6-14-24/h7-12,15-16H,4-6,13-14H2,1-3H3/b12-9+. The highest BCUT2D eigenvalue weighted by molar-refractivity contribution is 6.07. The van der Waals surface area contributed by atoms with Crippen LogP contribution in [0.1, 0.15) is 35.2 Å². The summed E-state index contributed by atoms with van der Waals surface area (Å²) in [6.45, 7) is 2.24. The van der Waals surface area contributed by atoms with Gasteiger partial charge < -0.3 is 19.1 Å². The van der Waals surface area contributed by atoms with Crippen LogP contribution in [0.3, 0.4) is 0 Å². The van der Waals surface area contributed by atoms with Gasteiger partial charge in [-0.2, -0.15) is 0 Å². The molecule has 0 atom stereocenters. The van der Waals surface area contributed by atoms with E-state index in [-0.39, 0.29) is 5.78 Å². The second-order valence-corrected chi connectivity index (χ2v) is 6.75. The molecule has 0 amide bonds. The van der Waals surface area contributed by atoms with Gasteiger partial charge in [-0.15, -0.1) is 0 Å². The lowest BCUT2D eigenvalue weighted by atomic mass is 10.1. The molecule has 1 aliphatic rings. The van der Waals surface area contributed by atoms with Crippen LogP contribution in [0.5, 0.6) is 17.2 Å². The van der Waals surface area contributed by atoms with E-state index in [0.717, 1.165) is 18.7 Å². The van der Waals surface area contributed by atoms with Crippen molar-refractivity contribution < 1.29 is 19.0 Å². The SMILES string of the molecule is COc1cc(C(=O)/C=C/c2ccc(N3CCCCC3)cc2)cc(OC)c1OC. The third kappa shape index (κ3) is 4.47. The second-order valence-electron chi connectivity index (χ2n) is 6.75. The maximum atomic E-state index is 12.6. The van der Waals surface area contributed by atoms with Crippen LogP contribution in [-0.4, -0.2) is 40.2 Å². The zero-order valence-corrected chi connectivity index (χ0v) is 16.7. The molecule has 0 radical (unpaired) electrons. The predicted molar refractivity (Wildman–Crippen MR) is 112 cm³/mol. The number of carbonyl (C=O) groups excluding carboxylic acids is 1. The highest BCUT2D eigenvalue weighted by Crippen LogP contribution is 2.38. The van der Waals surface area contributed by atoms with Crippen molar-refractivity contribution in [2.24, 2.45) is 0 Å². The Kier molecular flexibility index (Phi) is 6.58. The smallest absolute Gasteiger partial charge is 0.203 e. The van der Waals surface area contributed by atoms with Crippen LogP contribution < -0.4 is 19.1 Å². The van der Waals surface area contributed by atoms with Crippen LogP contribution in [-0.2, 0) is 0 Å². The van der Waals surface area contributed by atoms with E-state index in [4.69, 9.17) is 14.2 Å². The average molecular weight is 381 g/mol. The van der Waals surface area contributed by atoms with E-state index in [9.17, 15) is 4.79 Å². The molecule has 0 spiro atoms. The van der Waals surface area contributed by atoms with Gasteiger partial charge in [0.1, 0.15) is 0 Å². The summed E-state index contributed by atoms with van der Waals surface area (Å²) < 4.78 is 15.9. The molecule has 0 N–H and O–H groups in total. The molecule has 1 fully saturated rings. The summed E-state index contributed by atoms with van der Waals surface area (Å²) >= 11 is 0. The van der Waals surface area contributed by atoms with Crippen LogP contribution in [0.25, 0.3) is 6.08 Å². The minimum Gasteiger partial charge on any atom is -0.493 e. The van der Waals surface area contributed by atoms with Gasteiger partial charge in [0.2, 0.25) is 5.75 Å². The van der Waals surface area contributed by atoms with E-state index in [1.165, 1.54) is 46.3 Å². The maximum Gasteiger partial charge on any atom is 0.203 e. The highest BCUT2D eigenvalue weighted by Gasteiger charge is 2.16. The maximum absolute atomic E-state index is 12.6. The van der Waals surface area contributed by atoms with Crippen molar-refractivity contribution in [1.29, 1.82) is 0 Å². The van der Waals surface area contributed by atoms with Crippen molar-refractivity contribution in [2.45, 2.75) is 19.3 Å². The van der Waals surface area contributed by atoms with Gasteiger partial charge in [0.05, 0.1) is 21.3 Å². The molecule has 148 valence electrons. The summed E-state index contributed by atoms with van der Waals surface area (Å²) in [6.07, 6.45) is 7.22. The van der Waals surface area contributed by atoms with Crippen molar-refractivity contribution in [3.05, 3.63) is 53.6 Å². The largest absolute Gasteiger partial charge is 0.493 e. The number of rotatable bonds is 7. The van der Waals surface area contributed by atoms with E-state index >= 15 is 0 Å². The molecule has 0 aromatic heterocycles. The lowest BCUT2D eigenvalue weighted by Gasteiger charge is -2.28. The van der Waals surface area contributed by atoms with Gasteiger partial charge >= 0.3 is 0 Å². The molecule has 0 unspecified atom stereocenters. The fourth-order valence-corrected chi connectivity index (χ4v) is 3.44. The fraction of sp³-hybridized carbons (Fsp3) is 0.348. The lowest BCUT2D eigenvalue weighted by Crippen LogP contribution is -2.29. The zero-order valence-electron chi connectivity index (χ0n) is 16.7. The van der Waals surface area contributed by atoms with Gasteiger partial charge in [0.15, 0.2) is 17.3 Å². The van der Waals surface area contributed by atoms with Crippen LogP contribution in [0.4, 0.5) is 5.69 Å². The van der Waals surface area contributed by atoms with Crippen LogP contribution >= 0.6 is 0 Å². The van der Waals surface area contributed by atoms with E-state index in [2.05, 4.69) is 17.0 Å². The number of ketones is 1. The molecular weight excluding hydrogens is 354 g/mol. The molecule has 1 heterocycles. The Morgan fingerprint density at radius 1 is 0.893 bits per heavy atom. The topological polar surface area (TPSA) is 48.0 Å². The van der Waals surface area contributed by atoms with Crippen molar-refractivity contribution >= 4 is 17.5 Å². The highest BCUT2D eigenvalue weighted by atomic mass is 16.5. The summed E-state index contributed by atoms with van der Waals surface area (Å²) in [7, 11) is 4.60. The van der Waals surface area contributed by atoms with Gasteiger partial charge in [-0.1, -0.05) is 18.2 Å². The summed E-state index contributed by atoms with van der Waals surface area (Å²) in [6, 6.07) is 11.6. The quantitative estimate of drug-likeness (QED) is 0.518. The third-order valence-corrected chi connectivity index (χ3v) is 4.99. The molecule has 0 bridgehead atoms. The number of carbonyl (C=O) groups is 1. The molecule has 2 aromatic rings. The lowest BCUT2D eigenvalue weighted by molar-refractivity contribution is 0.104. The van der Waals surface area contributed by atoms with E-state index in [1.54, 1.807) is 18.2 Å². The monoisotopic (exact) mass is 381 g/mol. The molecule has 2 aromatic carbocycles. The van der Waals surface area contributed by atoms with Crippen LogP contribution in [0.15, 0.2) is 42.5 Å². The van der Waals surface area contributed by atoms with E-state index < -0.39 is 0 Å². The molecule has 0 aliphatic carbocycles. The number of allylic oxidation sites excluding steroid dienone is 1. The number of hydrogen-bond donors (Lipinski definition) is 0. The number of hydrogen-bond acceptors (Lipinski definition) is 5.